The third-order valence-electron chi connectivity index (χ3n) is 6.89. The second-order valence-electron chi connectivity index (χ2n) is 9.47. The van der Waals surface area contributed by atoms with Crippen molar-refractivity contribution >= 4 is 29.1 Å². The predicted octanol–water partition coefficient (Wildman–Crippen LogP) is 2.01. The van der Waals surface area contributed by atoms with Gasteiger partial charge in [-0.05, 0) is 50.3 Å². The van der Waals surface area contributed by atoms with Gasteiger partial charge >= 0.3 is 6.18 Å². The summed E-state index contributed by atoms with van der Waals surface area (Å²) >= 11 is 1.12. The van der Waals surface area contributed by atoms with Gasteiger partial charge in [-0.2, -0.15) is 13.2 Å². The van der Waals surface area contributed by atoms with Gasteiger partial charge in [-0.3, -0.25) is 19.3 Å². The van der Waals surface area contributed by atoms with Crippen LogP contribution in [0.5, 0.6) is 0 Å². The molecule has 2 heterocycles. The molecule has 2 aliphatic rings. The Morgan fingerprint density at radius 2 is 1.95 bits per heavy atom. The maximum atomic E-state index is 12.9. The van der Waals surface area contributed by atoms with Gasteiger partial charge in [0.1, 0.15) is 15.5 Å². The molecule has 0 spiro atoms. The molecule has 13 heteroatoms. The Balaban J connectivity index is 1.21. The molecule has 1 aliphatic carbocycles. The molecule has 0 radical (unpaired) electrons. The van der Waals surface area contributed by atoms with Crippen molar-refractivity contribution in [2.24, 2.45) is 5.73 Å². The van der Waals surface area contributed by atoms with Crippen molar-refractivity contribution < 1.29 is 32.7 Å². The van der Waals surface area contributed by atoms with Crippen molar-refractivity contribution in [3.8, 4) is 0 Å². The highest BCUT2D eigenvalue weighted by molar-refractivity contribution is 7.13. The van der Waals surface area contributed by atoms with Crippen LogP contribution in [-0.4, -0.2) is 64.4 Å². The number of alkyl halides is 3. The molecule has 1 aliphatic heterocycles. The lowest BCUT2D eigenvalue weighted by Crippen LogP contribution is -2.45. The fraction of sp³-hybridized carbons (Fsp3) is 0.500. The zero-order valence-corrected chi connectivity index (χ0v) is 20.7. The number of carbonyl (C=O) groups excluding carboxylic acids is 3. The lowest BCUT2D eigenvalue weighted by molar-refractivity contribution is -0.137. The van der Waals surface area contributed by atoms with Gasteiger partial charge in [0, 0.05) is 30.7 Å². The van der Waals surface area contributed by atoms with Gasteiger partial charge in [0.25, 0.3) is 11.8 Å². The largest absolute Gasteiger partial charge is 0.416 e. The van der Waals surface area contributed by atoms with E-state index < -0.39 is 35.1 Å². The molecule has 1 atom stereocenters. The second kappa shape index (κ2) is 10.8. The fourth-order valence-electron chi connectivity index (χ4n) is 4.88. The summed E-state index contributed by atoms with van der Waals surface area (Å²) in [6, 6.07) is 4.15. The SMILES string of the molecule is NC(=O)c1cnc(C2(O)CCC(N3CC[C@@H](NC(=O)CNC(=O)c4cccc(C(F)(F)F)c4)C3)CC2)s1. The van der Waals surface area contributed by atoms with Crippen LogP contribution in [0.1, 0.15) is 62.7 Å². The lowest BCUT2D eigenvalue weighted by atomic mass is 9.82. The van der Waals surface area contributed by atoms with Crippen LogP contribution in [-0.2, 0) is 16.6 Å². The first-order valence-electron chi connectivity index (χ1n) is 11.9. The molecule has 200 valence electrons. The van der Waals surface area contributed by atoms with Gasteiger partial charge in [0.15, 0.2) is 0 Å². The molecule has 0 bridgehead atoms. The average Bonchev–Trinajstić information content (AvgIpc) is 3.53. The number of halogens is 3. The molecule has 5 N–H and O–H groups in total. The Morgan fingerprint density at radius 3 is 2.59 bits per heavy atom. The Labute approximate surface area is 215 Å². The highest BCUT2D eigenvalue weighted by Crippen LogP contribution is 2.40. The second-order valence-corrected chi connectivity index (χ2v) is 10.5. The lowest BCUT2D eigenvalue weighted by Gasteiger charge is -2.38. The first-order chi connectivity index (χ1) is 17.4. The molecule has 2 fully saturated rings. The zero-order chi connectivity index (χ0) is 26.8. The van der Waals surface area contributed by atoms with Crippen LogP contribution in [0.15, 0.2) is 30.5 Å². The van der Waals surface area contributed by atoms with Crippen LogP contribution in [0.2, 0.25) is 0 Å². The van der Waals surface area contributed by atoms with E-state index in [-0.39, 0.29) is 24.2 Å². The Hall–Kier alpha value is -3.03. The third kappa shape index (κ3) is 6.46. The molecule has 4 rings (SSSR count). The van der Waals surface area contributed by atoms with E-state index in [1.165, 1.54) is 12.3 Å². The van der Waals surface area contributed by atoms with E-state index in [1.807, 2.05) is 0 Å². The van der Waals surface area contributed by atoms with E-state index in [0.717, 1.165) is 55.3 Å². The number of nitrogens with two attached hydrogens (primary N) is 1. The van der Waals surface area contributed by atoms with Crippen molar-refractivity contribution in [1.82, 2.24) is 20.5 Å². The summed E-state index contributed by atoms with van der Waals surface area (Å²) in [6.07, 6.45) is 0.0153. The van der Waals surface area contributed by atoms with Gasteiger partial charge in [-0.15, -0.1) is 11.3 Å². The Morgan fingerprint density at radius 1 is 1.22 bits per heavy atom. The maximum absolute atomic E-state index is 12.9. The van der Waals surface area contributed by atoms with Gasteiger partial charge in [0.2, 0.25) is 5.91 Å². The number of nitrogens with zero attached hydrogens (tertiary/aromatic N) is 2. The number of amides is 3. The van der Waals surface area contributed by atoms with Gasteiger partial charge in [-0.1, -0.05) is 6.07 Å². The molecule has 37 heavy (non-hydrogen) atoms. The standard InChI is InChI=1S/C24H28F3N5O4S/c25-24(26,27)15-3-1-2-14(10-15)21(35)29-12-19(33)31-16-6-9-32(13-16)17-4-7-23(36,8-5-17)22-30-11-18(37-22)20(28)34/h1-3,10-11,16-17,36H,4-9,12-13H2,(H2,28,34)(H,29,35)(H,31,33)/t16-,17?,23?/m1/s1. The summed E-state index contributed by atoms with van der Waals surface area (Å²) in [5, 5.41) is 16.8. The smallest absolute Gasteiger partial charge is 0.383 e. The number of aromatic nitrogens is 1. The number of hydrogen-bond acceptors (Lipinski definition) is 7. The van der Waals surface area contributed by atoms with Crippen LogP contribution in [0.3, 0.4) is 0 Å². The molecule has 1 aromatic heterocycles. The first-order valence-corrected chi connectivity index (χ1v) is 12.7. The number of primary amides is 1. The van der Waals surface area contributed by atoms with Crippen molar-refractivity contribution in [3.63, 3.8) is 0 Å². The number of aliphatic hydroxyl groups is 1. The molecular weight excluding hydrogens is 511 g/mol. The average molecular weight is 540 g/mol. The summed E-state index contributed by atoms with van der Waals surface area (Å²) in [5.41, 5.74) is 3.10. The number of nitrogens with one attached hydrogen (secondary N) is 2. The Kier molecular flexibility index (Phi) is 7.85. The summed E-state index contributed by atoms with van der Waals surface area (Å²) in [7, 11) is 0. The van der Waals surface area contributed by atoms with Crippen LogP contribution < -0.4 is 16.4 Å². The van der Waals surface area contributed by atoms with Crippen LogP contribution >= 0.6 is 11.3 Å². The normalized spacial score (nSPS) is 24.5. The topological polar surface area (TPSA) is 138 Å². The molecule has 2 aromatic rings. The Bertz CT molecular complexity index is 1160. The first kappa shape index (κ1) is 27.0. The highest BCUT2D eigenvalue weighted by Gasteiger charge is 2.40. The van der Waals surface area contributed by atoms with Crippen molar-refractivity contribution in [2.45, 2.75) is 56.0 Å². The van der Waals surface area contributed by atoms with E-state index in [1.54, 1.807) is 0 Å². The van der Waals surface area contributed by atoms with Crippen LogP contribution in [0, 0.1) is 0 Å². The minimum absolute atomic E-state index is 0.115. The monoisotopic (exact) mass is 539 g/mol. The fourth-order valence-corrected chi connectivity index (χ4v) is 5.79. The van der Waals surface area contributed by atoms with Gasteiger partial charge in [-0.25, -0.2) is 4.98 Å². The summed E-state index contributed by atoms with van der Waals surface area (Å²) in [5.74, 6) is -1.74. The summed E-state index contributed by atoms with van der Waals surface area (Å²) in [6.45, 7) is 1.05. The minimum Gasteiger partial charge on any atom is -0.383 e. The highest BCUT2D eigenvalue weighted by atomic mass is 32.1. The number of rotatable bonds is 7. The van der Waals surface area contributed by atoms with Crippen molar-refractivity contribution in [1.29, 1.82) is 0 Å². The van der Waals surface area contributed by atoms with Crippen molar-refractivity contribution in [2.75, 3.05) is 19.6 Å². The van der Waals surface area contributed by atoms with Gasteiger partial charge in [0.05, 0.1) is 18.3 Å². The summed E-state index contributed by atoms with van der Waals surface area (Å²) < 4.78 is 38.6. The predicted molar refractivity (Wildman–Crippen MR) is 129 cm³/mol. The molecular formula is C24H28F3N5O4S. The number of benzene rings is 1. The van der Waals surface area contributed by atoms with E-state index >= 15 is 0 Å². The summed E-state index contributed by atoms with van der Waals surface area (Å²) in [4.78, 5) is 42.6. The number of thiazole rings is 1. The van der Waals surface area contributed by atoms with Crippen LogP contribution in [0.25, 0.3) is 0 Å². The van der Waals surface area contributed by atoms with Gasteiger partial charge < -0.3 is 21.5 Å². The van der Waals surface area contributed by atoms with Crippen LogP contribution in [0.4, 0.5) is 13.2 Å². The van der Waals surface area contributed by atoms with E-state index in [9.17, 15) is 32.7 Å². The number of hydrogen-bond donors (Lipinski definition) is 4. The number of likely N-dealkylation sites (tertiary alicyclic amines) is 1. The molecule has 1 aromatic carbocycles. The van der Waals surface area contributed by atoms with E-state index in [2.05, 4.69) is 20.5 Å². The molecule has 1 saturated carbocycles. The molecule has 1 saturated heterocycles. The van der Waals surface area contributed by atoms with E-state index in [0.29, 0.717) is 29.3 Å². The quantitative estimate of drug-likeness (QED) is 0.425. The zero-order valence-electron chi connectivity index (χ0n) is 19.9. The third-order valence-corrected chi connectivity index (χ3v) is 8.10. The molecule has 3 amide bonds. The maximum Gasteiger partial charge on any atom is 0.416 e. The minimum atomic E-state index is -4.56. The number of carbonyl (C=O) groups is 3. The van der Waals surface area contributed by atoms with Crippen molar-refractivity contribution in [3.05, 3.63) is 51.5 Å². The molecule has 0 unspecified atom stereocenters. The molecule has 9 nitrogen and oxygen atoms in total. The van der Waals surface area contributed by atoms with E-state index in [4.69, 9.17) is 5.73 Å².